The van der Waals surface area contributed by atoms with Gasteiger partial charge in [0.05, 0.1) is 30.5 Å². The van der Waals surface area contributed by atoms with E-state index in [-0.39, 0.29) is 25.5 Å². The maximum Gasteiger partial charge on any atom is 0.120 e. The fourth-order valence-electron chi connectivity index (χ4n) is 6.70. The van der Waals surface area contributed by atoms with Crippen molar-refractivity contribution in [2.45, 2.75) is 65.6 Å². The van der Waals surface area contributed by atoms with E-state index in [1.165, 1.54) is 16.3 Å². The molecule has 0 bridgehead atoms. The van der Waals surface area contributed by atoms with Crippen molar-refractivity contribution in [1.29, 1.82) is 0 Å². The molecule has 8 aromatic rings. The SMILES string of the molecule is CC(C)(C)c1ccc(-n2c(-c3[c-]ccc4c3oc3ccccc34)nc3ccccc32)cc1.CC(C)c1cc(-c2[c-]cccc2)ncc1[Si](C)(C)C.[Ir]. The standard InChI is InChI=1S/C29H23N2O.C17H22NSi.Ir/c1-29(2,3)19-15-17-20(18-16-19)31-25-13-6-5-12-24(25)30-28(31)23-11-8-10-22-21-9-4-7-14-26(21)32-27(22)23;1-13(2)15-11-16(14-9-7-6-8-10-14)18-12-17(15)19(3,4)5;/h4-10,12-18H,1-3H3;6-9,11-13H,1-5H3;/q2*-1;. The molecule has 0 spiro atoms. The number of hydrogen-bond donors (Lipinski definition) is 0. The van der Waals surface area contributed by atoms with Gasteiger partial charge in [-0.25, -0.2) is 0 Å². The van der Waals surface area contributed by atoms with Gasteiger partial charge < -0.3 is 14.0 Å². The van der Waals surface area contributed by atoms with Crippen molar-refractivity contribution in [2.24, 2.45) is 0 Å². The summed E-state index contributed by atoms with van der Waals surface area (Å²) >= 11 is 0. The molecule has 5 aromatic carbocycles. The summed E-state index contributed by atoms with van der Waals surface area (Å²) in [5.74, 6) is 1.37. The van der Waals surface area contributed by atoms with Crippen LogP contribution in [0.2, 0.25) is 19.6 Å². The zero-order valence-corrected chi connectivity index (χ0v) is 34.6. The van der Waals surface area contributed by atoms with E-state index >= 15 is 0 Å². The summed E-state index contributed by atoms with van der Waals surface area (Å²) in [5.41, 5.74) is 10.6. The fourth-order valence-corrected chi connectivity index (χ4v) is 8.38. The van der Waals surface area contributed by atoms with Gasteiger partial charge in [0.15, 0.2) is 0 Å². The number of fused-ring (bicyclic) bond motifs is 4. The Bertz CT molecular complexity index is 2470. The molecule has 0 saturated heterocycles. The molecule has 0 saturated carbocycles. The van der Waals surface area contributed by atoms with Crippen molar-refractivity contribution in [1.82, 2.24) is 14.5 Å². The van der Waals surface area contributed by atoms with E-state index in [2.05, 4.69) is 149 Å². The summed E-state index contributed by atoms with van der Waals surface area (Å²) in [6.07, 6.45) is 2.09. The summed E-state index contributed by atoms with van der Waals surface area (Å²) in [4.78, 5) is 9.68. The number of para-hydroxylation sites is 3. The zero-order valence-electron chi connectivity index (χ0n) is 31.2. The van der Waals surface area contributed by atoms with E-state index < -0.39 is 8.07 Å². The van der Waals surface area contributed by atoms with Crippen LogP contribution in [0.15, 0.2) is 126 Å². The summed E-state index contributed by atoms with van der Waals surface area (Å²) < 4.78 is 8.51. The Balaban J connectivity index is 0.000000200. The van der Waals surface area contributed by atoms with Crippen molar-refractivity contribution in [3.05, 3.63) is 145 Å². The Morgan fingerprint density at radius 3 is 2.17 bits per heavy atom. The molecule has 0 aliphatic heterocycles. The minimum Gasteiger partial charge on any atom is -0.501 e. The summed E-state index contributed by atoms with van der Waals surface area (Å²) in [7, 11) is -1.34. The molecule has 3 heterocycles. The molecule has 6 heteroatoms. The summed E-state index contributed by atoms with van der Waals surface area (Å²) in [6, 6.07) is 46.2. The van der Waals surface area contributed by atoms with Gasteiger partial charge in [-0.3, -0.25) is 4.98 Å². The molecule has 0 amide bonds. The molecule has 3 aromatic heterocycles. The molecular formula is C46H45IrN3OSi-2. The zero-order chi connectivity index (χ0) is 35.9. The van der Waals surface area contributed by atoms with Crippen LogP contribution in [0.4, 0.5) is 0 Å². The topological polar surface area (TPSA) is 43.9 Å². The molecule has 0 fully saturated rings. The second kappa shape index (κ2) is 14.8. The van der Waals surface area contributed by atoms with Crippen molar-refractivity contribution < 1.29 is 24.5 Å². The molecule has 1 radical (unpaired) electrons. The Hall–Kier alpha value is -4.61. The van der Waals surface area contributed by atoms with Crippen molar-refractivity contribution in [2.75, 3.05) is 0 Å². The third kappa shape index (κ3) is 7.34. The molecule has 4 nitrogen and oxygen atoms in total. The maximum atomic E-state index is 6.30. The average molecular weight is 876 g/mol. The normalized spacial score (nSPS) is 11.9. The Morgan fingerprint density at radius 2 is 1.48 bits per heavy atom. The summed E-state index contributed by atoms with van der Waals surface area (Å²) in [6.45, 7) is 18.4. The minimum absolute atomic E-state index is 0. The van der Waals surface area contributed by atoms with Gasteiger partial charge in [0.25, 0.3) is 0 Å². The second-order valence-electron chi connectivity index (χ2n) is 15.6. The number of pyridine rings is 1. The van der Waals surface area contributed by atoms with Gasteiger partial charge in [0.1, 0.15) is 5.58 Å². The molecule has 52 heavy (non-hydrogen) atoms. The van der Waals surface area contributed by atoms with Crippen LogP contribution in [-0.2, 0) is 25.5 Å². The van der Waals surface area contributed by atoms with E-state index in [0.717, 1.165) is 61.3 Å². The third-order valence-corrected chi connectivity index (χ3v) is 11.5. The number of rotatable bonds is 5. The number of hydrogen-bond acceptors (Lipinski definition) is 3. The number of furan rings is 1. The quantitative estimate of drug-likeness (QED) is 0.128. The second-order valence-corrected chi connectivity index (χ2v) is 20.6. The molecule has 0 unspecified atom stereocenters. The molecule has 265 valence electrons. The number of imidazole rings is 1. The molecule has 0 N–H and O–H groups in total. The van der Waals surface area contributed by atoms with E-state index in [4.69, 9.17) is 9.40 Å². The average Bonchev–Trinajstić information content (AvgIpc) is 3.70. The fraction of sp³-hybridized carbons (Fsp3) is 0.217. The predicted molar refractivity (Wildman–Crippen MR) is 217 cm³/mol. The number of nitrogens with zero attached hydrogens (tertiary/aromatic N) is 3. The first-order valence-corrected chi connectivity index (χ1v) is 21.3. The van der Waals surface area contributed by atoms with Crippen molar-refractivity contribution in [3.8, 4) is 28.3 Å². The van der Waals surface area contributed by atoms with Crippen LogP contribution in [-0.4, -0.2) is 22.6 Å². The molecule has 8 rings (SSSR count). The Kier molecular flexibility index (Phi) is 10.6. The van der Waals surface area contributed by atoms with Gasteiger partial charge in [-0.15, -0.1) is 54.1 Å². The van der Waals surface area contributed by atoms with Crippen LogP contribution in [0.5, 0.6) is 0 Å². The van der Waals surface area contributed by atoms with Crippen molar-refractivity contribution >= 4 is 46.2 Å². The van der Waals surface area contributed by atoms with E-state index in [1.54, 1.807) is 0 Å². The van der Waals surface area contributed by atoms with Crippen LogP contribution >= 0.6 is 0 Å². The summed E-state index contributed by atoms with van der Waals surface area (Å²) in [5, 5.41) is 3.66. The smallest absolute Gasteiger partial charge is 0.120 e. The van der Waals surface area contributed by atoms with Gasteiger partial charge in [0, 0.05) is 37.4 Å². The van der Waals surface area contributed by atoms with Crippen LogP contribution in [0.25, 0.3) is 61.3 Å². The third-order valence-electron chi connectivity index (χ3n) is 9.47. The monoisotopic (exact) mass is 876 g/mol. The van der Waals surface area contributed by atoms with Gasteiger partial charge in [-0.2, -0.15) is 0 Å². The number of aromatic nitrogens is 3. The molecule has 0 aliphatic rings. The Morgan fingerprint density at radius 1 is 0.769 bits per heavy atom. The van der Waals surface area contributed by atoms with Crippen LogP contribution in [0.3, 0.4) is 0 Å². The first-order valence-electron chi connectivity index (χ1n) is 17.8. The first kappa shape index (κ1) is 37.2. The minimum atomic E-state index is -1.34. The molecule has 0 atom stereocenters. The predicted octanol–water partition coefficient (Wildman–Crippen LogP) is 11.9. The van der Waals surface area contributed by atoms with Gasteiger partial charge in [0.2, 0.25) is 0 Å². The van der Waals surface area contributed by atoms with Crippen molar-refractivity contribution in [3.63, 3.8) is 0 Å². The van der Waals surface area contributed by atoms with Crippen LogP contribution in [0, 0.1) is 12.1 Å². The van der Waals surface area contributed by atoms with Gasteiger partial charge in [-0.1, -0.05) is 119 Å². The van der Waals surface area contributed by atoms with Gasteiger partial charge in [-0.05, 0) is 58.1 Å². The van der Waals surface area contributed by atoms with E-state index in [1.807, 2.05) is 48.5 Å². The largest absolute Gasteiger partial charge is 0.501 e. The Labute approximate surface area is 322 Å². The van der Waals surface area contributed by atoms with Gasteiger partial charge >= 0.3 is 0 Å². The first-order chi connectivity index (χ1) is 24.4. The molecular weight excluding hydrogens is 831 g/mol. The van der Waals surface area contributed by atoms with E-state index in [9.17, 15) is 0 Å². The maximum absolute atomic E-state index is 6.30. The number of benzene rings is 5. The van der Waals surface area contributed by atoms with Crippen LogP contribution in [0.1, 0.15) is 51.7 Å². The molecule has 0 aliphatic carbocycles. The van der Waals surface area contributed by atoms with E-state index in [0.29, 0.717) is 5.92 Å². The van der Waals surface area contributed by atoms with Crippen LogP contribution < -0.4 is 5.19 Å².